The van der Waals surface area contributed by atoms with Gasteiger partial charge in [0.25, 0.3) is 0 Å². The number of hydrogen-bond acceptors (Lipinski definition) is 4. The molecule has 0 aliphatic carbocycles. The van der Waals surface area contributed by atoms with Gasteiger partial charge in [-0.15, -0.1) is 0 Å². The summed E-state index contributed by atoms with van der Waals surface area (Å²) in [6.45, 7) is 2.62. The maximum Gasteiger partial charge on any atom is 0.165 e. The van der Waals surface area contributed by atoms with Crippen LogP contribution in [0.3, 0.4) is 0 Å². The largest absolute Gasteiger partial charge is 0.389 e. The Kier molecular flexibility index (Phi) is 2.57. The quantitative estimate of drug-likeness (QED) is 0.343. The molecule has 0 amide bonds. The van der Waals surface area contributed by atoms with Crippen LogP contribution >= 0.6 is 0 Å². The molecule has 0 radical (unpaired) electrons. The van der Waals surface area contributed by atoms with Crippen LogP contribution in [0.1, 0.15) is 13.8 Å². The molecule has 0 aliphatic rings. The second kappa shape index (κ2) is 2.62. The molecule has 2 atom stereocenters. The standard InChI is InChI=1S/C5H13NO3/c1-3(7)5(6,9)4(2)8/h3-4,7-9H,6H2,1-2H3. The van der Waals surface area contributed by atoms with E-state index in [4.69, 9.17) is 21.1 Å². The number of aliphatic hydroxyl groups excluding tert-OH is 2. The zero-order valence-corrected chi connectivity index (χ0v) is 5.57. The number of nitrogens with two attached hydrogens (primary N) is 1. The third-order valence-corrected chi connectivity index (χ3v) is 1.34. The average Bonchev–Trinajstić information content (AvgIpc) is 1.65. The van der Waals surface area contributed by atoms with E-state index < -0.39 is 17.9 Å². The van der Waals surface area contributed by atoms with Gasteiger partial charge in [0.15, 0.2) is 5.72 Å². The van der Waals surface area contributed by atoms with Crippen molar-refractivity contribution in [3.63, 3.8) is 0 Å². The van der Waals surface area contributed by atoms with Crippen molar-refractivity contribution in [1.82, 2.24) is 0 Å². The third kappa shape index (κ3) is 1.91. The Hall–Kier alpha value is -0.160. The van der Waals surface area contributed by atoms with Gasteiger partial charge in [-0.25, -0.2) is 0 Å². The SMILES string of the molecule is CC(O)C(N)(O)C(C)O. The van der Waals surface area contributed by atoms with Crippen molar-refractivity contribution in [2.24, 2.45) is 5.73 Å². The molecule has 5 N–H and O–H groups in total. The van der Waals surface area contributed by atoms with Crippen LogP contribution in [-0.2, 0) is 0 Å². The molecule has 9 heavy (non-hydrogen) atoms. The predicted molar refractivity (Wildman–Crippen MR) is 32.5 cm³/mol. The summed E-state index contributed by atoms with van der Waals surface area (Å²) in [5.41, 5.74) is 3.17. The molecule has 4 nitrogen and oxygen atoms in total. The lowest BCUT2D eigenvalue weighted by Crippen LogP contribution is -2.57. The summed E-state index contributed by atoms with van der Waals surface area (Å²) < 4.78 is 0. The van der Waals surface area contributed by atoms with Crippen molar-refractivity contribution in [2.75, 3.05) is 0 Å². The molecule has 0 aromatic rings. The van der Waals surface area contributed by atoms with Crippen LogP contribution in [0.15, 0.2) is 0 Å². The summed E-state index contributed by atoms with van der Waals surface area (Å²) in [5, 5.41) is 26.4. The van der Waals surface area contributed by atoms with Crippen LogP contribution in [0.25, 0.3) is 0 Å². The van der Waals surface area contributed by atoms with E-state index in [1.165, 1.54) is 13.8 Å². The van der Waals surface area contributed by atoms with E-state index in [2.05, 4.69) is 0 Å². The smallest absolute Gasteiger partial charge is 0.165 e. The van der Waals surface area contributed by atoms with Gasteiger partial charge in [-0.1, -0.05) is 0 Å². The highest BCUT2D eigenvalue weighted by Gasteiger charge is 2.32. The molecule has 0 fully saturated rings. The zero-order chi connectivity index (χ0) is 7.65. The van der Waals surface area contributed by atoms with Crippen molar-refractivity contribution in [1.29, 1.82) is 0 Å². The van der Waals surface area contributed by atoms with E-state index in [0.717, 1.165) is 0 Å². The molecule has 0 aromatic carbocycles. The first-order valence-electron chi connectivity index (χ1n) is 2.76. The molecule has 2 unspecified atom stereocenters. The summed E-state index contributed by atoms with van der Waals surface area (Å²) in [4.78, 5) is 0. The first-order chi connectivity index (χ1) is 3.89. The highest BCUT2D eigenvalue weighted by atomic mass is 16.4. The van der Waals surface area contributed by atoms with Gasteiger partial charge in [-0.05, 0) is 13.8 Å². The third-order valence-electron chi connectivity index (χ3n) is 1.34. The first kappa shape index (κ1) is 8.84. The molecule has 0 bridgehead atoms. The second-order valence-electron chi connectivity index (χ2n) is 2.24. The summed E-state index contributed by atoms with van der Waals surface area (Å²) in [6, 6.07) is 0. The fourth-order valence-corrected chi connectivity index (χ4v) is 0.349. The highest BCUT2D eigenvalue weighted by molar-refractivity contribution is 4.81. The van der Waals surface area contributed by atoms with E-state index in [-0.39, 0.29) is 0 Å². The fraction of sp³-hybridized carbons (Fsp3) is 1.00. The van der Waals surface area contributed by atoms with E-state index in [9.17, 15) is 0 Å². The minimum atomic E-state index is -1.89. The van der Waals surface area contributed by atoms with Gasteiger partial charge >= 0.3 is 0 Å². The highest BCUT2D eigenvalue weighted by Crippen LogP contribution is 2.07. The lowest BCUT2D eigenvalue weighted by Gasteiger charge is -2.28. The molecule has 56 valence electrons. The van der Waals surface area contributed by atoms with E-state index in [1.54, 1.807) is 0 Å². The minimum absolute atomic E-state index is 1.13. The lowest BCUT2D eigenvalue weighted by atomic mass is 10.0. The molecule has 0 spiro atoms. The molecular weight excluding hydrogens is 122 g/mol. The van der Waals surface area contributed by atoms with Gasteiger partial charge in [0.05, 0.1) is 12.2 Å². The average molecular weight is 135 g/mol. The first-order valence-corrected chi connectivity index (χ1v) is 2.76. The fourth-order valence-electron chi connectivity index (χ4n) is 0.349. The summed E-state index contributed by atoms with van der Waals surface area (Å²) in [7, 11) is 0. The van der Waals surface area contributed by atoms with Crippen molar-refractivity contribution in [2.45, 2.75) is 31.8 Å². The van der Waals surface area contributed by atoms with Gasteiger partial charge < -0.3 is 15.3 Å². The summed E-state index contributed by atoms with van der Waals surface area (Å²) in [5.74, 6) is 0. The lowest BCUT2D eigenvalue weighted by molar-refractivity contribution is -0.129. The van der Waals surface area contributed by atoms with Crippen molar-refractivity contribution in [3.05, 3.63) is 0 Å². The number of hydrogen-bond donors (Lipinski definition) is 4. The van der Waals surface area contributed by atoms with E-state index >= 15 is 0 Å². The van der Waals surface area contributed by atoms with Crippen LogP contribution in [0.2, 0.25) is 0 Å². The maximum absolute atomic E-state index is 8.95. The summed E-state index contributed by atoms with van der Waals surface area (Å²) in [6.07, 6.45) is -2.25. The van der Waals surface area contributed by atoms with Crippen LogP contribution in [0.5, 0.6) is 0 Å². The molecule has 0 saturated carbocycles. The van der Waals surface area contributed by atoms with Gasteiger partial charge in [-0.3, -0.25) is 5.73 Å². The predicted octanol–water partition coefficient (Wildman–Crippen LogP) is -1.60. The number of aliphatic hydroxyl groups is 3. The minimum Gasteiger partial charge on any atom is -0.389 e. The molecule has 0 aliphatic heterocycles. The molecule has 0 heterocycles. The normalized spacial score (nSPS) is 24.7. The van der Waals surface area contributed by atoms with E-state index in [0.29, 0.717) is 0 Å². The molecular formula is C5H13NO3. The van der Waals surface area contributed by atoms with Crippen LogP contribution in [-0.4, -0.2) is 33.3 Å². The van der Waals surface area contributed by atoms with Crippen molar-refractivity contribution in [3.8, 4) is 0 Å². The monoisotopic (exact) mass is 135 g/mol. The summed E-state index contributed by atoms with van der Waals surface area (Å²) >= 11 is 0. The number of rotatable bonds is 2. The van der Waals surface area contributed by atoms with Crippen LogP contribution in [0.4, 0.5) is 0 Å². The van der Waals surface area contributed by atoms with Crippen LogP contribution < -0.4 is 5.73 Å². The molecule has 0 rings (SSSR count). The van der Waals surface area contributed by atoms with E-state index in [1.807, 2.05) is 0 Å². The Bertz CT molecular complexity index is 80.2. The van der Waals surface area contributed by atoms with Gasteiger partial charge in [0.1, 0.15) is 0 Å². The van der Waals surface area contributed by atoms with Gasteiger partial charge in [0.2, 0.25) is 0 Å². The zero-order valence-electron chi connectivity index (χ0n) is 5.57. The van der Waals surface area contributed by atoms with Crippen molar-refractivity contribution < 1.29 is 15.3 Å². The maximum atomic E-state index is 8.95. The Morgan fingerprint density at radius 2 is 1.44 bits per heavy atom. The van der Waals surface area contributed by atoms with Gasteiger partial charge in [-0.2, -0.15) is 0 Å². The Balaban J connectivity index is 4.01. The molecule has 0 saturated heterocycles. The molecule has 0 aromatic heterocycles. The van der Waals surface area contributed by atoms with Gasteiger partial charge in [0, 0.05) is 0 Å². The topological polar surface area (TPSA) is 86.7 Å². The van der Waals surface area contributed by atoms with Crippen molar-refractivity contribution >= 4 is 0 Å². The Labute approximate surface area is 53.9 Å². The molecule has 4 heteroatoms. The Morgan fingerprint density at radius 1 is 1.22 bits per heavy atom. The van der Waals surface area contributed by atoms with Crippen LogP contribution in [0, 0.1) is 0 Å². The Morgan fingerprint density at radius 3 is 1.44 bits per heavy atom. The second-order valence-corrected chi connectivity index (χ2v) is 2.24.